The zero-order valence-electron chi connectivity index (χ0n) is 22.0. The van der Waals surface area contributed by atoms with Gasteiger partial charge in [0.15, 0.2) is 4.80 Å². The fourth-order valence-electron chi connectivity index (χ4n) is 4.49. The van der Waals surface area contributed by atoms with Crippen LogP contribution < -0.4 is 24.4 Å². The zero-order valence-corrected chi connectivity index (χ0v) is 24.3. The van der Waals surface area contributed by atoms with E-state index in [0.717, 1.165) is 5.56 Å². The Hall–Kier alpha value is -3.79. The lowest BCUT2D eigenvalue weighted by atomic mass is 9.95. The smallest absolute Gasteiger partial charge is 0.338 e. The highest BCUT2D eigenvalue weighted by Gasteiger charge is 2.35. The Morgan fingerprint density at radius 3 is 2.60 bits per heavy atom. The molecule has 0 saturated carbocycles. The molecule has 0 fully saturated rings. The van der Waals surface area contributed by atoms with Gasteiger partial charge in [0.05, 0.1) is 46.7 Å². The summed E-state index contributed by atoms with van der Waals surface area (Å²) in [7, 11) is 3.07. The van der Waals surface area contributed by atoms with Gasteiger partial charge in [-0.25, -0.2) is 9.79 Å². The van der Waals surface area contributed by atoms with Crippen molar-refractivity contribution in [2.45, 2.75) is 19.9 Å². The van der Waals surface area contributed by atoms with Crippen LogP contribution in [-0.2, 0) is 9.53 Å². The van der Waals surface area contributed by atoms with Gasteiger partial charge in [0.1, 0.15) is 29.1 Å². The Bertz CT molecular complexity index is 1840. The molecule has 2 aromatic heterocycles. The number of rotatable bonds is 7. The molecular formula is C29H24Cl2N2O6S. The minimum atomic E-state index is -0.832. The number of halogens is 2. The number of carbonyl (C=O) groups excluding carboxylic acids is 1. The number of nitrogens with zero attached hydrogens (tertiary/aromatic N) is 2. The first-order chi connectivity index (χ1) is 19.2. The second-order valence-corrected chi connectivity index (χ2v) is 10.6. The third-order valence-corrected chi connectivity index (χ3v) is 8.08. The number of benzene rings is 2. The lowest BCUT2D eigenvalue weighted by molar-refractivity contribution is -0.139. The summed E-state index contributed by atoms with van der Waals surface area (Å²) < 4.78 is 24.2. The van der Waals surface area contributed by atoms with E-state index in [1.165, 1.54) is 23.0 Å². The van der Waals surface area contributed by atoms with E-state index in [2.05, 4.69) is 4.99 Å². The van der Waals surface area contributed by atoms with Gasteiger partial charge in [-0.05, 0) is 56.3 Å². The summed E-state index contributed by atoms with van der Waals surface area (Å²) in [4.78, 5) is 32.1. The highest BCUT2D eigenvalue weighted by molar-refractivity contribution is 7.07. The van der Waals surface area contributed by atoms with E-state index in [9.17, 15) is 9.59 Å². The summed E-state index contributed by atoms with van der Waals surface area (Å²) in [6, 6.07) is 13.1. The zero-order chi connectivity index (χ0) is 28.6. The van der Waals surface area contributed by atoms with Gasteiger partial charge < -0.3 is 18.6 Å². The van der Waals surface area contributed by atoms with Crippen LogP contribution in [-0.4, -0.2) is 31.4 Å². The van der Waals surface area contributed by atoms with Crippen LogP contribution in [0.2, 0.25) is 10.0 Å². The predicted molar refractivity (Wildman–Crippen MR) is 154 cm³/mol. The summed E-state index contributed by atoms with van der Waals surface area (Å²) in [6.45, 7) is 3.62. The van der Waals surface area contributed by atoms with Gasteiger partial charge in [0, 0.05) is 23.3 Å². The quantitative estimate of drug-likeness (QED) is 0.265. The Morgan fingerprint density at radius 2 is 1.90 bits per heavy atom. The summed E-state index contributed by atoms with van der Waals surface area (Å²) in [5.74, 6) is 1.50. The molecule has 0 spiro atoms. The van der Waals surface area contributed by atoms with E-state index >= 15 is 0 Å². The molecular weight excluding hydrogens is 575 g/mol. The van der Waals surface area contributed by atoms with E-state index in [1.807, 2.05) is 0 Å². The van der Waals surface area contributed by atoms with E-state index in [0.29, 0.717) is 53.7 Å². The molecule has 40 heavy (non-hydrogen) atoms. The molecule has 0 N–H and O–H groups in total. The number of fused-ring (bicyclic) bond motifs is 1. The van der Waals surface area contributed by atoms with Crippen molar-refractivity contribution in [3.63, 3.8) is 0 Å². The molecule has 8 nitrogen and oxygen atoms in total. The molecule has 0 amide bonds. The molecule has 4 aromatic rings. The second kappa shape index (κ2) is 11.4. The maximum atomic E-state index is 13.9. The number of ether oxygens (including phenoxy) is 3. The first-order valence-corrected chi connectivity index (χ1v) is 13.8. The molecule has 0 saturated heterocycles. The molecule has 0 radical (unpaired) electrons. The van der Waals surface area contributed by atoms with Crippen LogP contribution in [0.4, 0.5) is 0 Å². The maximum absolute atomic E-state index is 13.9. The third kappa shape index (κ3) is 5.08. The molecule has 0 bridgehead atoms. The van der Waals surface area contributed by atoms with Gasteiger partial charge in [0.2, 0.25) is 0 Å². The fourth-order valence-corrected chi connectivity index (χ4v) is 5.82. The molecule has 1 atom stereocenters. The molecule has 0 aliphatic carbocycles. The van der Waals surface area contributed by atoms with Crippen molar-refractivity contribution in [3.8, 4) is 22.8 Å². The number of thiazole rings is 1. The highest BCUT2D eigenvalue weighted by Crippen LogP contribution is 2.37. The van der Waals surface area contributed by atoms with Crippen LogP contribution >= 0.6 is 34.5 Å². The van der Waals surface area contributed by atoms with Gasteiger partial charge in [-0.15, -0.1) is 0 Å². The Kier molecular flexibility index (Phi) is 7.89. The van der Waals surface area contributed by atoms with Gasteiger partial charge in [-0.2, -0.15) is 0 Å². The predicted octanol–water partition coefficient (Wildman–Crippen LogP) is 5.38. The monoisotopic (exact) mass is 598 g/mol. The minimum absolute atomic E-state index is 0.173. The Balaban J connectivity index is 1.66. The Morgan fingerprint density at radius 1 is 1.10 bits per heavy atom. The van der Waals surface area contributed by atoms with E-state index in [4.69, 9.17) is 41.8 Å². The summed E-state index contributed by atoms with van der Waals surface area (Å²) in [6.07, 6.45) is 1.65. The van der Waals surface area contributed by atoms with Crippen LogP contribution in [0.25, 0.3) is 17.4 Å². The van der Waals surface area contributed by atoms with Crippen LogP contribution in [0, 0.1) is 0 Å². The summed E-state index contributed by atoms with van der Waals surface area (Å²) >= 11 is 13.4. The summed E-state index contributed by atoms with van der Waals surface area (Å²) in [5.41, 5.74) is 1.71. The van der Waals surface area contributed by atoms with Crippen molar-refractivity contribution in [1.82, 2.24) is 4.57 Å². The number of methoxy groups -OCH3 is 2. The molecule has 5 rings (SSSR count). The molecule has 2 aromatic carbocycles. The van der Waals surface area contributed by atoms with Gasteiger partial charge >= 0.3 is 5.97 Å². The molecule has 206 valence electrons. The number of furan rings is 1. The average Bonchev–Trinajstić information content (AvgIpc) is 3.53. The number of aromatic nitrogens is 1. The van der Waals surface area contributed by atoms with Gasteiger partial charge in [0.25, 0.3) is 5.56 Å². The maximum Gasteiger partial charge on any atom is 0.338 e. The normalized spacial score (nSPS) is 15.1. The third-order valence-electron chi connectivity index (χ3n) is 6.36. The Labute approximate surface area is 243 Å². The number of allylic oxidation sites excluding steroid dienone is 1. The lowest BCUT2D eigenvalue weighted by Gasteiger charge is -2.26. The topological polar surface area (TPSA) is 92.3 Å². The van der Waals surface area contributed by atoms with Crippen molar-refractivity contribution >= 4 is 46.6 Å². The number of hydrogen-bond acceptors (Lipinski definition) is 8. The second-order valence-electron chi connectivity index (χ2n) is 8.74. The molecule has 1 aliphatic rings. The van der Waals surface area contributed by atoms with Crippen LogP contribution in [0.5, 0.6) is 11.5 Å². The molecule has 3 heterocycles. The molecule has 0 unspecified atom stereocenters. The first kappa shape index (κ1) is 27.8. The highest BCUT2D eigenvalue weighted by atomic mass is 35.5. The van der Waals surface area contributed by atoms with Crippen LogP contribution in [0.3, 0.4) is 0 Å². The summed E-state index contributed by atoms with van der Waals surface area (Å²) in [5, 5.41) is 0.853. The van der Waals surface area contributed by atoms with Crippen molar-refractivity contribution in [3.05, 3.63) is 101 Å². The largest absolute Gasteiger partial charge is 0.497 e. The van der Waals surface area contributed by atoms with E-state index in [1.54, 1.807) is 75.6 Å². The lowest BCUT2D eigenvalue weighted by Crippen LogP contribution is -2.40. The molecule has 11 heteroatoms. The van der Waals surface area contributed by atoms with Gasteiger partial charge in [-0.1, -0.05) is 34.5 Å². The van der Waals surface area contributed by atoms with E-state index < -0.39 is 12.0 Å². The van der Waals surface area contributed by atoms with E-state index in [-0.39, 0.29) is 17.7 Å². The fraction of sp³-hybridized carbons (Fsp3) is 0.207. The SMILES string of the molecule is CCOC(=O)C1=C(C)N=c2s/c(=C\c3ccc(-c4ccc(Cl)c(Cl)c4)o3)c(=O)n2[C@H]1c1ccc(OC)cc1OC. The van der Waals surface area contributed by atoms with Crippen molar-refractivity contribution in [2.75, 3.05) is 20.8 Å². The van der Waals surface area contributed by atoms with Crippen molar-refractivity contribution in [1.29, 1.82) is 0 Å². The number of esters is 1. The number of carbonyl (C=O) groups is 1. The first-order valence-electron chi connectivity index (χ1n) is 12.2. The standard InChI is InChI=1S/C29H24Cl2N2O6S/c1-5-38-28(35)25-15(2)32-29-33(26(25)19-9-7-17(36-3)13-23(19)37-4)27(34)24(40-29)14-18-8-11-22(39-18)16-6-10-20(30)21(31)12-16/h6-14,26H,5H2,1-4H3/b24-14-/t26-/m0/s1. The van der Waals surface area contributed by atoms with Crippen LogP contribution in [0.15, 0.2) is 74.0 Å². The number of hydrogen-bond donors (Lipinski definition) is 0. The average molecular weight is 599 g/mol. The van der Waals surface area contributed by atoms with Gasteiger partial charge in [-0.3, -0.25) is 9.36 Å². The van der Waals surface area contributed by atoms with Crippen molar-refractivity contribution in [2.24, 2.45) is 4.99 Å². The van der Waals surface area contributed by atoms with Crippen molar-refractivity contribution < 1.29 is 23.4 Å². The van der Waals surface area contributed by atoms with Crippen LogP contribution in [0.1, 0.15) is 31.2 Å². The minimum Gasteiger partial charge on any atom is -0.497 e. The molecule has 1 aliphatic heterocycles.